The van der Waals surface area contributed by atoms with Crippen molar-refractivity contribution in [3.05, 3.63) is 89.9 Å². The number of methoxy groups -OCH3 is 1. The van der Waals surface area contributed by atoms with Crippen molar-refractivity contribution in [1.29, 1.82) is 0 Å². The van der Waals surface area contributed by atoms with E-state index in [1.807, 2.05) is 24.3 Å². The number of carbonyl (C=O) groups is 2. The second kappa shape index (κ2) is 9.79. The minimum atomic E-state index is -0.650. The predicted octanol–water partition coefficient (Wildman–Crippen LogP) is 5.08. The summed E-state index contributed by atoms with van der Waals surface area (Å²) < 4.78 is 19.8. The average molecular weight is 460 g/mol. The molecule has 0 fully saturated rings. The summed E-state index contributed by atoms with van der Waals surface area (Å²) in [6.45, 7) is 5.92. The van der Waals surface area contributed by atoms with Crippen LogP contribution in [0.2, 0.25) is 0 Å². The van der Waals surface area contributed by atoms with Gasteiger partial charge in [0.2, 0.25) is 0 Å². The molecule has 3 aromatic carbocycles. The molecule has 1 aliphatic heterocycles. The van der Waals surface area contributed by atoms with E-state index in [-0.39, 0.29) is 17.0 Å². The lowest BCUT2D eigenvalue weighted by Gasteiger charge is -2.21. The molecule has 0 unspecified atom stereocenters. The number of anilines is 3. The molecule has 1 aliphatic rings. The lowest BCUT2D eigenvalue weighted by molar-refractivity contribution is -0.120. The van der Waals surface area contributed by atoms with E-state index in [1.165, 1.54) is 18.2 Å². The Balaban J connectivity index is 1.76. The molecule has 34 heavy (non-hydrogen) atoms. The second-order valence-electron chi connectivity index (χ2n) is 7.72. The van der Waals surface area contributed by atoms with Crippen molar-refractivity contribution < 1.29 is 18.7 Å². The van der Waals surface area contributed by atoms with Gasteiger partial charge in [0.05, 0.1) is 18.4 Å². The normalized spacial score (nSPS) is 13.5. The Morgan fingerprint density at radius 2 is 1.53 bits per heavy atom. The second-order valence-corrected chi connectivity index (χ2v) is 7.72. The highest BCUT2D eigenvalue weighted by Gasteiger charge is 2.41. The van der Waals surface area contributed by atoms with Gasteiger partial charge >= 0.3 is 0 Å². The fourth-order valence-electron chi connectivity index (χ4n) is 4.01. The number of ether oxygens (including phenoxy) is 1. The van der Waals surface area contributed by atoms with E-state index < -0.39 is 17.6 Å². The molecule has 4 rings (SSSR count). The number of nitrogens with zero attached hydrogens (tertiary/aromatic N) is 2. The van der Waals surface area contributed by atoms with Gasteiger partial charge in [0.15, 0.2) is 0 Å². The van der Waals surface area contributed by atoms with Crippen molar-refractivity contribution in [1.82, 2.24) is 0 Å². The van der Waals surface area contributed by atoms with Crippen molar-refractivity contribution in [2.75, 3.05) is 35.3 Å². The molecule has 2 amide bonds. The van der Waals surface area contributed by atoms with Crippen LogP contribution in [0.4, 0.5) is 21.5 Å². The fourth-order valence-corrected chi connectivity index (χ4v) is 4.01. The topological polar surface area (TPSA) is 61.9 Å². The van der Waals surface area contributed by atoms with Crippen molar-refractivity contribution in [3.8, 4) is 5.75 Å². The molecule has 0 atom stereocenters. The zero-order valence-corrected chi connectivity index (χ0v) is 19.3. The molecule has 3 aromatic rings. The highest BCUT2D eigenvalue weighted by atomic mass is 19.1. The number of para-hydroxylation sites is 1. The lowest BCUT2D eigenvalue weighted by Crippen LogP contribution is -2.33. The third-order valence-corrected chi connectivity index (χ3v) is 5.82. The maximum Gasteiger partial charge on any atom is 0.282 e. The number of rotatable bonds is 8. The summed E-state index contributed by atoms with van der Waals surface area (Å²) >= 11 is 0. The molecule has 0 bridgehead atoms. The zero-order chi connectivity index (χ0) is 24.2. The molecule has 0 spiro atoms. The van der Waals surface area contributed by atoms with Gasteiger partial charge in [-0.25, -0.2) is 9.29 Å². The number of hydrogen-bond acceptors (Lipinski definition) is 5. The Hall–Kier alpha value is -4.13. The van der Waals surface area contributed by atoms with E-state index in [9.17, 15) is 14.0 Å². The number of imide groups is 1. The molecule has 7 heteroatoms. The molecule has 0 saturated carbocycles. The standard InChI is InChI=1S/C27H26FN3O3/c1-4-30(5-2)20-14-12-19(13-15-20)29-25-24(18-10-16-21(34-3)17-11-18)26(32)31(27(25)33)23-9-7-6-8-22(23)28/h6-17,29H,4-5H2,1-3H3. The van der Waals surface area contributed by atoms with Crippen LogP contribution in [0.3, 0.4) is 0 Å². The Kier molecular flexibility index (Phi) is 6.63. The predicted molar refractivity (Wildman–Crippen MR) is 132 cm³/mol. The van der Waals surface area contributed by atoms with Crippen LogP contribution in [-0.4, -0.2) is 32.0 Å². The Bertz CT molecular complexity index is 1230. The molecule has 1 N–H and O–H groups in total. The SMILES string of the molecule is CCN(CC)c1ccc(NC2=C(c3ccc(OC)cc3)C(=O)N(c3ccccc3F)C2=O)cc1. The number of benzene rings is 3. The van der Waals surface area contributed by atoms with Crippen LogP contribution in [0.25, 0.3) is 5.57 Å². The van der Waals surface area contributed by atoms with Gasteiger partial charge < -0.3 is 15.0 Å². The first-order chi connectivity index (χ1) is 16.5. The van der Waals surface area contributed by atoms with E-state index in [2.05, 4.69) is 24.1 Å². The minimum absolute atomic E-state index is 0.0859. The first kappa shape index (κ1) is 23.0. The first-order valence-corrected chi connectivity index (χ1v) is 11.1. The van der Waals surface area contributed by atoms with E-state index in [4.69, 9.17) is 4.74 Å². The summed E-state index contributed by atoms with van der Waals surface area (Å²) in [6, 6.07) is 20.2. The molecule has 0 aromatic heterocycles. The third-order valence-electron chi connectivity index (χ3n) is 5.82. The smallest absolute Gasteiger partial charge is 0.282 e. The van der Waals surface area contributed by atoms with Crippen LogP contribution in [0, 0.1) is 5.82 Å². The van der Waals surface area contributed by atoms with E-state index in [1.54, 1.807) is 37.4 Å². The van der Waals surface area contributed by atoms with E-state index in [0.29, 0.717) is 17.0 Å². The quantitative estimate of drug-likeness (QED) is 0.476. The van der Waals surface area contributed by atoms with Gasteiger partial charge in [-0.05, 0) is 67.9 Å². The lowest BCUT2D eigenvalue weighted by atomic mass is 10.0. The summed E-state index contributed by atoms with van der Waals surface area (Å²) in [5, 5.41) is 3.11. The molecule has 0 aliphatic carbocycles. The van der Waals surface area contributed by atoms with E-state index in [0.717, 1.165) is 23.7 Å². The number of nitrogens with one attached hydrogen (secondary N) is 1. The van der Waals surface area contributed by atoms with Gasteiger partial charge in [-0.1, -0.05) is 24.3 Å². The summed E-state index contributed by atoms with van der Waals surface area (Å²) in [7, 11) is 1.55. The number of carbonyl (C=O) groups excluding carboxylic acids is 2. The Morgan fingerprint density at radius 3 is 2.12 bits per heavy atom. The van der Waals surface area contributed by atoms with Crippen molar-refractivity contribution in [3.63, 3.8) is 0 Å². The van der Waals surface area contributed by atoms with Crippen LogP contribution >= 0.6 is 0 Å². The van der Waals surface area contributed by atoms with Gasteiger partial charge in [-0.2, -0.15) is 0 Å². The zero-order valence-electron chi connectivity index (χ0n) is 19.3. The minimum Gasteiger partial charge on any atom is -0.497 e. The van der Waals surface area contributed by atoms with Gasteiger partial charge in [0.25, 0.3) is 11.8 Å². The van der Waals surface area contributed by atoms with E-state index >= 15 is 0 Å². The largest absolute Gasteiger partial charge is 0.497 e. The Labute approximate surface area is 198 Å². The number of halogens is 1. The maximum absolute atomic E-state index is 14.6. The summed E-state index contributed by atoms with van der Waals surface area (Å²) in [5.41, 5.74) is 2.41. The van der Waals surface area contributed by atoms with Crippen LogP contribution in [0.5, 0.6) is 5.75 Å². The third kappa shape index (κ3) is 4.24. The van der Waals surface area contributed by atoms with Gasteiger partial charge in [0, 0.05) is 24.5 Å². The van der Waals surface area contributed by atoms with Gasteiger partial charge in [-0.3, -0.25) is 9.59 Å². The van der Waals surface area contributed by atoms with Crippen molar-refractivity contribution >= 4 is 34.4 Å². The fraction of sp³-hybridized carbons (Fsp3) is 0.185. The Morgan fingerprint density at radius 1 is 0.882 bits per heavy atom. The average Bonchev–Trinajstić information content (AvgIpc) is 3.10. The molecule has 0 saturated heterocycles. The van der Waals surface area contributed by atoms with Gasteiger partial charge in [0.1, 0.15) is 17.3 Å². The molecule has 0 radical (unpaired) electrons. The molecular formula is C27H26FN3O3. The van der Waals surface area contributed by atoms with Crippen molar-refractivity contribution in [2.45, 2.75) is 13.8 Å². The highest BCUT2D eigenvalue weighted by molar-refractivity contribution is 6.46. The van der Waals surface area contributed by atoms with Crippen LogP contribution in [-0.2, 0) is 9.59 Å². The first-order valence-electron chi connectivity index (χ1n) is 11.1. The molecule has 174 valence electrons. The maximum atomic E-state index is 14.6. The number of hydrogen-bond donors (Lipinski definition) is 1. The van der Waals surface area contributed by atoms with Gasteiger partial charge in [-0.15, -0.1) is 0 Å². The molecular weight excluding hydrogens is 433 g/mol. The highest BCUT2D eigenvalue weighted by Crippen LogP contribution is 2.35. The van der Waals surface area contributed by atoms with Crippen LogP contribution in [0.15, 0.2) is 78.5 Å². The molecule has 6 nitrogen and oxygen atoms in total. The van der Waals surface area contributed by atoms with Crippen LogP contribution in [0.1, 0.15) is 19.4 Å². The monoisotopic (exact) mass is 459 g/mol. The molecule has 1 heterocycles. The van der Waals surface area contributed by atoms with Crippen molar-refractivity contribution in [2.24, 2.45) is 0 Å². The number of amides is 2. The van der Waals surface area contributed by atoms with Crippen LogP contribution < -0.4 is 19.9 Å². The summed E-state index contributed by atoms with van der Waals surface area (Å²) in [4.78, 5) is 30.0. The summed E-state index contributed by atoms with van der Waals surface area (Å²) in [6.07, 6.45) is 0. The summed E-state index contributed by atoms with van der Waals surface area (Å²) in [5.74, 6) is -1.24.